The summed E-state index contributed by atoms with van der Waals surface area (Å²) in [5, 5.41) is 7.12. The molecule has 0 saturated carbocycles. The molecule has 1 heterocycles. The van der Waals surface area contributed by atoms with Crippen LogP contribution in [0.5, 0.6) is 0 Å². The van der Waals surface area contributed by atoms with Gasteiger partial charge in [0, 0.05) is 32.2 Å². The second-order valence-electron chi connectivity index (χ2n) is 4.57. The van der Waals surface area contributed by atoms with Crippen molar-refractivity contribution in [3.05, 3.63) is 12.2 Å². The zero-order chi connectivity index (χ0) is 18.8. The molecule has 0 radical (unpaired) electrons. The highest BCUT2D eigenvalue weighted by atomic mass is 19.4. The Morgan fingerprint density at radius 3 is 2.04 bits per heavy atom. The second kappa shape index (κ2) is 10.4. The molecule has 136 valence electrons. The molecule has 0 atom stereocenters. The third-order valence-electron chi connectivity index (χ3n) is 2.69. The molecule has 0 spiro atoms. The van der Waals surface area contributed by atoms with Crippen molar-refractivity contribution in [2.75, 3.05) is 13.6 Å². The number of hydrogen-bond acceptors (Lipinski definition) is 5. The summed E-state index contributed by atoms with van der Waals surface area (Å²) in [6.07, 6.45) is 0.212. The van der Waals surface area contributed by atoms with Crippen LogP contribution in [0.25, 0.3) is 0 Å². The number of aliphatic carboxylic acids is 1. The van der Waals surface area contributed by atoms with Crippen molar-refractivity contribution in [1.82, 2.24) is 15.8 Å². The van der Waals surface area contributed by atoms with Crippen LogP contribution in [0.4, 0.5) is 13.2 Å². The minimum absolute atomic E-state index is 0.0532. The first-order chi connectivity index (χ1) is 11.1. The first-order valence-electron chi connectivity index (χ1n) is 6.88. The van der Waals surface area contributed by atoms with Gasteiger partial charge in [-0.15, -0.1) is 0 Å². The maximum absolute atomic E-state index is 11.2. The molecule has 3 amide bonds. The largest absolute Gasteiger partial charge is 0.490 e. The Kier molecular flexibility index (Phi) is 9.31. The number of alkyl halides is 3. The number of imide groups is 1. The van der Waals surface area contributed by atoms with Crippen LogP contribution in [0.1, 0.15) is 25.7 Å². The summed E-state index contributed by atoms with van der Waals surface area (Å²) >= 11 is 0. The van der Waals surface area contributed by atoms with Crippen molar-refractivity contribution in [2.45, 2.75) is 31.9 Å². The van der Waals surface area contributed by atoms with Gasteiger partial charge in [-0.05, 0) is 12.8 Å². The third-order valence-corrected chi connectivity index (χ3v) is 2.69. The van der Waals surface area contributed by atoms with Crippen LogP contribution in [0.15, 0.2) is 12.2 Å². The molecule has 0 aromatic carbocycles. The van der Waals surface area contributed by atoms with Crippen molar-refractivity contribution < 1.29 is 37.5 Å². The van der Waals surface area contributed by atoms with E-state index in [4.69, 9.17) is 9.90 Å². The summed E-state index contributed by atoms with van der Waals surface area (Å²) in [4.78, 5) is 43.6. The molecule has 1 aliphatic heterocycles. The van der Waals surface area contributed by atoms with Gasteiger partial charge in [0.25, 0.3) is 11.8 Å². The topological polar surface area (TPSA) is 116 Å². The lowest BCUT2D eigenvalue weighted by atomic mass is 10.2. The number of rotatable bonds is 7. The quantitative estimate of drug-likeness (QED) is 0.346. The summed E-state index contributed by atoms with van der Waals surface area (Å²) in [7, 11) is 1.63. The van der Waals surface area contributed by atoms with Gasteiger partial charge in [0.2, 0.25) is 5.91 Å². The number of nitrogens with one attached hydrogen (secondary N) is 2. The highest BCUT2D eigenvalue weighted by Gasteiger charge is 2.38. The Morgan fingerprint density at radius 2 is 1.62 bits per heavy atom. The molecule has 24 heavy (non-hydrogen) atoms. The minimum Gasteiger partial charge on any atom is -0.475 e. The standard InChI is InChI=1S/C11H17N3O3.C2HF3O2/c1-12-13-9(15)5-3-2-4-8-14-10(16)6-7-11(14)17;3-2(4,5)1(6)7/h6-7,12H,2-5,8H2,1H3,(H,13,15);(H,6,7). The fourth-order valence-electron chi connectivity index (χ4n) is 1.59. The SMILES string of the molecule is CNNC(=O)CCCCCN1C(=O)C=CC1=O.O=C(O)C(F)(F)F. The van der Waals surface area contributed by atoms with E-state index in [1.165, 1.54) is 17.1 Å². The van der Waals surface area contributed by atoms with Crippen molar-refractivity contribution in [3.63, 3.8) is 0 Å². The van der Waals surface area contributed by atoms with E-state index in [0.717, 1.165) is 19.3 Å². The molecule has 8 nitrogen and oxygen atoms in total. The van der Waals surface area contributed by atoms with Crippen LogP contribution < -0.4 is 10.9 Å². The molecule has 3 N–H and O–H groups in total. The van der Waals surface area contributed by atoms with Gasteiger partial charge in [0.15, 0.2) is 0 Å². The van der Waals surface area contributed by atoms with Gasteiger partial charge in [0.1, 0.15) is 0 Å². The minimum atomic E-state index is -5.08. The number of nitrogens with zero attached hydrogens (tertiary/aromatic N) is 1. The number of carboxylic acid groups (broad SMARTS) is 1. The van der Waals surface area contributed by atoms with E-state index in [2.05, 4.69) is 10.9 Å². The number of amides is 3. The van der Waals surface area contributed by atoms with Crippen LogP contribution in [-0.4, -0.2) is 53.5 Å². The average molecular weight is 353 g/mol. The predicted molar refractivity (Wildman–Crippen MR) is 75.2 cm³/mol. The van der Waals surface area contributed by atoms with Crippen molar-refractivity contribution >= 4 is 23.7 Å². The van der Waals surface area contributed by atoms with Gasteiger partial charge in [-0.1, -0.05) is 6.42 Å². The zero-order valence-corrected chi connectivity index (χ0v) is 12.9. The van der Waals surface area contributed by atoms with Crippen molar-refractivity contribution in [2.24, 2.45) is 0 Å². The van der Waals surface area contributed by atoms with E-state index in [1.54, 1.807) is 7.05 Å². The molecule has 0 aliphatic carbocycles. The summed E-state index contributed by atoms with van der Waals surface area (Å²) in [5.74, 6) is -3.30. The summed E-state index contributed by atoms with van der Waals surface area (Å²) in [6.45, 7) is 0.429. The van der Waals surface area contributed by atoms with Crippen LogP contribution in [-0.2, 0) is 19.2 Å². The molecule has 0 saturated heterocycles. The van der Waals surface area contributed by atoms with Gasteiger partial charge in [-0.25, -0.2) is 10.2 Å². The van der Waals surface area contributed by atoms with E-state index < -0.39 is 12.1 Å². The molecular weight excluding hydrogens is 335 g/mol. The summed E-state index contributed by atoms with van der Waals surface area (Å²) in [5.41, 5.74) is 5.03. The van der Waals surface area contributed by atoms with Gasteiger partial charge in [-0.2, -0.15) is 13.2 Å². The molecule has 0 aromatic heterocycles. The maximum atomic E-state index is 11.2. The molecule has 1 aliphatic rings. The van der Waals surface area contributed by atoms with Gasteiger partial charge in [-0.3, -0.25) is 24.7 Å². The molecule has 1 rings (SSSR count). The number of hydrazine groups is 1. The number of halogens is 3. The normalized spacial score (nSPS) is 13.6. The van der Waals surface area contributed by atoms with Crippen LogP contribution in [0.2, 0.25) is 0 Å². The van der Waals surface area contributed by atoms with E-state index in [9.17, 15) is 27.6 Å². The average Bonchev–Trinajstić information content (AvgIpc) is 2.78. The third kappa shape index (κ3) is 8.88. The van der Waals surface area contributed by atoms with E-state index in [-0.39, 0.29) is 17.7 Å². The number of unbranched alkanes of at least 4 members (excludes halogenated alkanes) is 2. The number of hydrogen-bond donors (Lipinski definition) is 3. The lowest BCUT2D eigenvalue weighted by molar-refractivity contribution is -0.192. The number of carbonyl (C=O) groups is 4. The number of carboxylic acids is 1. The van der Waals surface area contributed by atoms with Gasteiger partial charge >= 0.3 is 12.1 Å². The molecule has 0 unspecified atom stereocenters. The van der Waals surface area contributed by atoms with E-state index in [0.29, 0.717) is 13.0 Å². The lowest BCUT2D eigenvalue weighted by Crippen LogP contribution is -2.34. The van der Waals surface area contributed by atoms with Crippen LogP contribution in [0, 0.1) is 0 Å². The Labute approximate surface area is 135 Å². The fourth-order valence-corrected chi connectivity index (χ4v) is 1.59. The molecule has 11 heteroatoms. The lowest BCUT2D eigenvalue weighted by Gasteiger charge is -2.12. The first kappa shape index (κ1) is 21.6. The summed E-state index contributed by atoms with van der Waals surface area (Å²) in [6, 6.07) is 0. The first-order valence-corrected chi connectivity index (χ1v) is 6.88. The zero-order valence-electron chi connectivity index (χ0n) is 12.9. The van der Waals surface area contributed by atoms with Crippen molar-refractivity contribution in [1.29, 1.82) is 0 Å². The second-order valence-corrected chi connectivity index (χ2v) is 4.57. The predicted octanol–water partition coefficient (Wildman–Crippen LogP) is 0.356. The Balaban J connectivity index is 0.000000640. The molecule has 0 bridgehead atoms. The van der Waals surface area contributed by atoms with Gasteiger partial charge in [0.05, 0.1) is 0 Å². The maximum Gasteiger partial charge on any atom is 0.490 e. The fraction of sp³-hybridized carbons (Fsp3) is 0.538. The monoisotopic (exact) mass is 353 g/mol. The Bertz CT molecular complexity index is 488. The summed E-state index contributed by atoms with van der Waals surface area (Å²) < 4.78 is 31.7. The van der Waals surface area contributed by atoms with Crippen LogP contribution >= 0.6 is 0 Å². The highest BCUT2D eigenvalue weighted by molar-refractivity contribution is 6.12. The molecular formula is C13H18F3N3O5. The Hall–Kier alpha value is -2.43. The molecule has 0 fully saturated rings. The van der Waals surface area contributed by atoms with Crippen LogP contribution in [0.3, 0.4) is 0 Å². The highest BCUT2D eigenvalue weighted by Crippen LogP contribution is 2.13. The van der Waals surface area contributed by atoms with Gasteiger partial charge < -0.3 is 5.11 Å². The smallest absolute Gasteiger partial charge is 0.475 e. The Morgan fingerprint density at radius 1 is 1.12 bits per heavy atom. The molecule has 0 aromatic rings. The van der Waals surface area contributed by atoms with E-state index >= 15 is 0 Å². The number of carbonyl (C=O) groups excluding carboxylic acids is 3. The van der Waals surface area contributed by atoms with E-state index in [1.807, 2.05) is 0 Å². The van der Waals surface area contributed by atoms with Crippen molar-refractivity contribution in [3.8, 4) is 0 Å².